The summed E-state index contributed by atoms with van der Waals surface area (Å²) in [4.78, 5) is 24.2. The molecule has 0 aliphatic rings. The van der Waals surface area contributed by atoms with Gasteiger partial charge in [0.15, 0.2) is 0 Å². The molecule has 2 unspecified atom stereocenters. The number of nitrogens with zero attached hydrogens (tertiary/aromatic N) is 2. The summed E-state index contributed by atoms with van der Waals surface area (Å²) in [5, 5.41) is 9.57. The lowest BCUT2D eigenvalue weighted by molar-refractivity contribution is -0.122. The first-order valence-corrected chi connectivity index (χ1v) is 8.40. The molecule has 2 aromatic rings. The average Bonchev–Trinajstić information content (AvgIpc) is 3.08. The van der Waals surface area contributed by atoms with Gasteiger partial charge in [-0.25, -0.2) is 0 Å². The molecule has 27 heavy (non-hydrogen) atoms. The Balaban J connectivity index is 0.00000364. The Morgan fingerprint density at radius 1 is 1.30 bits per heavy atom. The first kappa shape index (κ1) is 22.6. The van der Waals surface area contributed by atoms with Crippen LogP contribution in [0.4, 0.5) is 5.69 Å². The van der Waals surface area contributed by atoms with Crippen LogP contribution >= 0.6 is 12.4 Å². The second-order valence-corrected chi connectivity index (χ2v) is 5.98. The van der Waals surface area contributed by atoms with Gasteiger partial charge in [-0.3, -0.25) is 14.3 Å². The molecule has 1 aromatic heterocycles. The van der Waals surface area contributed by atoms with E-state index in [1.54, 1.807) is 20.2 Å². The van der Waals surface area contributed by atoms with E-state index in [1.165, 1.54) is 10.9 Å². The molecule has 0 radical (unpaired) electrons. The number of carbonyl (C=O) groups is 2. The molecule has 1 heterocycles. The van der Waals surface area contributed by atoms with E-state index in [1.807, 2.05) is 30.3 Å². The van der Waals surface area contributed by atoms with Crippen LogP contribution in [0.5, 0.6) is 0 Å². The third kappa shape index (κ3) is 7.01. The van der Waals surface area contributed by atoms with Gasteiger partial charge in [0, 0.05) is 25.9 Å². The molecule has 148 valence electrons. The lowest BCUT2D eigenvalue weighted by Crippen LogP contribution is -2.30. The molecule has 0 fully saturated rings. The van der Waals surface area contributed by atoms with Gasteiger partial charge in [-0.1, -0.05) is 37.3 Å². The van der Waals surface area contributed by atoms with E-state index in [9.17, 15) is 9.59 Å². The van der Waals surface area contributed by atoms with Crippen LogP contribution in [0.25, 0.3) is 0 Å². The minimum Gasteiger partial charge on any atom is -0.383 e. The highest BCUT2D eigenvalue weighted by Gasteiger charge is 2.22. The number of ether oxygens (including phenoxy) is 1. The van der Waals surface area contributed by atoms with Gasteiger partial charge in [0.1, 0.15) is 6.54 Å². The van der Waals surface area contributed by atoms with Crippen molar-refractivity contribution < 1.29 is 14.3 Å². The number of nitrogens with two attached hydrogens (primary N) is 1. The molecular weight excluding hydrogens is 370 g/mol. The predicted octanol–water partition coefficient (Wildman–Crippen LogP) is 1.34. The monoisotopic (exact) mass is 395 g/mol. The summed E-state index contributed by atoms with van der Waals surface area (Å²) < 4.78 is 6.33. The fraction of sp³-hybridized carbons (Fsp3) is 0.389. The quantitative estimate of drug-likeness (QED) is 0.555. The number of anilines is 1. The summed E-state index contributed by atoms with van der Waals surface area (Å²) in [7, 11) is 1.57. The molecule has 0 spiro atoms. The minimum atomic E-state index is -0.418. The Hall–Kier alpha value is -2.42. The summed E-state index contributed by atoms with van der Waals surface area (Å²) in [5.41, 5.74) is 7.60. The van der Waals surface area contributed by atoms with Gasteiger partial charge in [0.25, 0.3) is 0 Å². The van der Waals surface area contributed by atoms with Gasteiger partial charge >= 0.3 is 0 Å². The number of hydrogen-bond donors (Lipinski definition) is 3. The fourth-order valence-corrected chi connectivity index (χ4v) is 2.39. The van der Waals surface area contributed by atoms with Gasteiger partial charge in [-0.2, -0.15) is 5.10 Å². The molecule has 0 saturated heterocycles. The standard InChI is InChI=1S/C18H25N5O3.ClH/c1-13(17(19)14-6-4-3-5-7-14)18(25)22-15-10-21-23(11-15)12-16(24)20-8-9-26-2;/h3-7,10-11,13,17H,8-9,12,19H2,1-2H3,(H,20,24)(H,22,25);1H. The van der Waals surface area contributed by atoms with Crippen molar-refractivity contribution in [3.63, 3.8) is 0 Å². The number of rotatable bonds is 9. The first-order chi connectivity index (χ1) is 12.5. The molecule has 4 N–H and O–H groups in total. The minimum absolute atomic E-state index is 0. The van der Waals surface area contributed by atoms with Crippen molar-refractivity contribution in [2.75, 3.05) is 25.6 Å². The molecule has 2 amide bonds. The largest absolute Gasteiger partial charge is 0.383 e. The predicted molar refractivity (Wildman–Crippen MR) is 106 cm³/mol. The van der Waals surface area contributed by atoms with Crippen molar-refractivity contribution in [1.82, 2.24) is 15.1 Å². The lowest BCUT2D eigenvalue weighted by Gasteiger charge is -2.19. The zero-order chi connectivity index (χ0) is 18.9. The summed E-state index contributed by atoms with van der Waals surface area (Å²) in [6, 6.07) is 9.07. The SMILES string of the molecule is COCCNC(=O)Cn1cc(NC(=O)C(C)C(N)c2ccccc2)cn1.Cl. The maximum absolute atomic E-state index is 12.4. The Labute approximate surface area is 164 Å². The Morgan fingerprint density at radius 2 is 2.00 bits per heavy atom. The van der Waals surface area contributed by atoms with Crippen LogP contribution in [-0.4, -0.2) is 41.9 Å². The molecule has 9 heteroatoms. The van der Waals surface area contributed by atoms with E-state index in [0.717, 1.165) is 5.56 Å². The second-order valence-electron chi connectivity index (χ2n) is 5.98. The molecule has 1 aromatic carbocycles. The maximum Gasteiger partial charge on any atom is 0.241 e. The Kier molecular flexibility index (Phi) is 9.49. The van der Waals surface area contributed by atoms with Crippen molar-refractivity contribution in [2.24, 2.45) is 11.7 Å². The van der Waals surface area contributed by atoms with E-state index in [-0.39, 0.29) is 30.8 Å². The summed E-state index contributed by atoms with van der Waals surface area (Å²) in [6.45, 7) is 2.74. The van der Waals surface area contributed by atoms with Crippen molar-refractivity contribution >= 4 is 29.9 Å². The van der Waals surface area contributed by atoms with Crippen LogP contribution in [0, 0.1) is 5.92 Å². The van der Waals surface area contributed by atoms with Gasteiger partial charge < -0.3 is 21.1 Å². The fourth-order valence-electron chi connectivity index (χ4n) is 2.39. The van der Waals surface area contributed by atoms with Crippen LogP contribution in [-0.2, 0) is 20.9 Å². The smallest absolute Gasteiger partial charge is 0.241 e. The van der Waals surface area contributed by atoms with Crippen molar-refractivity contribution in [3.05, 3.63) is 48.3 Å². The van der Waals surface area contributed by atoms with Crippen molar-refractivity contribution in [2.45, 2.75) is 19.5 Å². The highest BCUT2D eigenvalue weighted by molar-refractivity contribution is 5.92. The van der Waals surface area contributed by atoms with E-state index in [0.29, 0.717) is 18.8 Å². The van der Waals surface area contributed by atoms with E-state index in [2.05, 4.69) is 15.7 Å². The third-order valence-corrected chi connectivity index (χ3v) is 3.97. The molecule has 2 atom stereocenters. The summed E-state index contributed by atoms with van der Waals surface area (Å²) in [5.74, 6) is -0.800. The highest BCUT2D eigenvalue weighted by Crippen LogP contribution is 2.20. The molecular formula is C18H26ClN5O3. The van der Waals surface area contributed by atoms with Crippen molar-refractivity contribution in [3.8, 4) is 0 Å². The molecule has 0 aliphatic carbocycles. The number of amides is 2. The van der Waals surface area contributed by atoms with E-state index < -0.39 is 12.0 Å². The Bertz CT molecular complexity index is 723. The molecule has 0 bridgehead atoms. The summed E-state index contributed by atoms with van der Waals surface area (Å²) in [6.07, 6.45) is 3.11. The second kappa shape index (κ2) is 11.3. The van der Waals surface area contributed by atoms with Crippen LogP contribution in [0.3, 0.4) is 0 Å². The topological polar surface area (TPSA) is 111 Å². The molecule has 2 rings (SSSR count). The third-order valence-electron chi connectivity index (χ3n) is 3.97. The van der Waals surface area contributed by atoms with Gasteiger partial charge in [-0.15, -0.1) is 12.4 Å². The van der Waals surface area contributed by atoms with Crippen molar-refractivity contribution in [1.29, 1.82) is 0 Å². The van der Waals surface area contributed by atoms with Crippen LogP contribution in [0.1, 0.15) is 18.5 Å². The first-order valence-electron chi connectivity index (χ1n) is 8.40. The number of halogens is 1. The lowest BCUT2D eigenvalue weighted by atomic mass is 9.95. The van der Waals surface area contributed by atoms with Gasteiger partial charge in [0.2, 0.25) is 11.8 Å². The number of hydrogen-bond acceptors (Lipinski definition) is 5. The van der Waals surface area contributed by atoms with Gasteiger partial charge in [0.05, 0.1) is 24.4 Å². The molecule has 0 aliphatic heterocycles. The molecule has 8 nitrogen and oxygen atoms in total. The van der Waals surface area contributed by atoms with Crippen LogP contribution in [0.2, 0.25) is 0 Å². The number of methoxy groups -OCH3 is 1. The Morgan fingerprint density at radius 3 is 2.67 bits per heavy atom. The zero-order valence-corrected chi connectivity index (χ0v) is 16.2. The normalized spacial score (nSPS) is 12.6. The van der Waals surface area contributed by atoms with E-state index >= 15 is 0 Å². The molecule has 0 saturated carbocycles. The van der Waals surface area contributed by atoms with Crippen LogP contribution in [0.15, 0.2) is 42.7 Å². The number of nitrogens with one attached hydrogen (secondary N) is 2. The number of aromatic nitrogens is 2. The number of carbonyl (C=O) groups excluding carboxylic acids is 2. The number of benzene rings is 1. The zero-order valence-electron chi connectivity index (χ0n) is 15.4. The van der Waals surface area contributed by atoms with E-state index in [4.69, 9.17) is 10.5 Å². The highest BCUT2D eigenvalue weighted by atomic mass is 35.5. The van der Waals surface area contributed by atoms with Crippen LogP contribution < -0.4 is 16.4 Å². The summed E-state index contributed by atoms with van der Waals surface area (Å²) >= 11 is 0. The average molecular weight is 396 g/mol. The maximum atomic E-state index is 12.4. The van der Waals surface area contributed by atoms with Gasteiger partial charge in [-0.05, 0) is 5.56 Å².